The molecular formula is C16H26N4O2. The molecule has 1 fully saturated rings. The lowest BCUT2D eigenvalue weighted by atomic mass is 10.0. The molecule has 0 aliphatic carbocycles. The van der Waals surface area contributed by atoms with Crippen molar-refractivity contribution in [1.29, 1.82) is 0 Å². The van der Waals surface area contributed by atoms with E-state index in [1.807, 2.05) is 26.8 Å². The molecule has 0 spiro atoms. The predicted octanol–water partition coefficient (Wildman–Crippen LogP) is 2.15. The Hall–Kier alpha value is -1.82. The van der Waals surface area contributed by atoms with Crippen molar-refractivity contribution in [2.45, 2.75) is 51.8 Å². The molecule has 0 bridgehead atoms. The van der Waals surface area contributed by atoms with Crippen LogP contribution in [0.25, 0.3) is 0 Å². The number of alkyl carbamates (subject to hydrolysis) is 1. The summed E-state index contributed by atoms with van der Waals surface area (Å²) >= 11 is 0. The molecule has 2 heterocycles. The van der Waals surface area contributed by atoms with Gasteiger partial charge in [0, 0.05) is 31.9 Å². The number of nitrogen functional groups attached to an aromatic ring is 1. The van der Waals surface area contributed by atoms with Crippen LogP contribution >= 0.6 is 0 Å². The van der Waals surface area contributed by atoms with Crippen molar-refractivity contribution in [3.63, 3.8) is 0 Å². The number of nitrogens with two attached hydrogens (primary N) is 1. The molecule has 1 amide bonds. The van der Waals surface area contributed by atoms with Crippen LogP contribution in [0.2, 0.25) is 0 Å². The normalized spacial score (nSPS) is 17.2. The Balaban J connectivity index is 1.76. The fraction of sp³-hybridized carbons (Fsp3) is 0.625. The summed E-state index contributed by atoms with van der Waals surface area (Å²) in [6.45, 7) is 8.30. The molecule has 0 atom stereocenters. The zero-order valence-corrected chi connectivity index (χ0v) is 13.6. The Morgan fingerprint density at radius 1 is 1.45 bits per heavy atom. The van der Waals surface area contributed by atoms with E-state index < -0.39 is 5.60 Å². The van der Waals surface area contributed by atoms with Gasteiger partial charge in [-0.05, 0) is 45.2 Å². The minimum atomic E-state index is -0.455. The van der Waals surface area contributed by atoms with E-state index in [1.165, 1.54) is 0 Å². The molecule has 6 nitrogen and oxygen atoms in total. The number of carbonyl (C=O) groups is 1. The molecule has 0 saturated carbocycles. The maximum absolute atomic E-state index is 11.8. The minimum absolute atomic E-state index is 0.181. The third-order valence-corrected chi connectivity index (χ3v) is 3.65. The molecule has 22 heavy (non-hydrogen) atoms. The highest BCUT2D eigenvalue weighted by Crippen LogP contribution is 2.17. The van der Waals surface area contributed by atoms with Gasteiger partial charge in [-0.1, -0.05) is 0 Å². The summed E-state index contributed by atoms with van der Waals surface area (Å²) in [5, 5.41) is 2.95. The van der Waals surface area contributed by atoms with Gasteiger partial charge in [0.25, 0.3) is 0 Å². The number of pyridine rings is 1. The average molecular weight is 306 g/mol. The number of hydrogen-bond acceptors (Lipinski definition) is 5. The Bertz CT molecular complexity index is 505. The number of hydrogen-bond donors (Lipinski definition) is 2. The van der Waals surface area contributed by atoms with Crippen LogP contribution in [0.1, 0.15) is 39.2 Å². The van der Waals surface area contributed by atoms with E-state index >= 15 is 0 Å². The van der Waals surface area contributed by atoms with Crippen molar-refractivity contribution in [1.82, 2.24) is 15.2 Å². The molecule has 122 valence electrons. The van der Waals surface area contributed by atoms with Crippen LogP contribution in [0.5, 0.6) is 0 Å². The number of nitrogens with zero attached hydrogens (tertiary/aromatic N) is 2. The Morgan fingerprint density at radius 3 is 2.73 bits per heavy atom. The highest BCUT2D eigenvalue weighted by atomic mass is 16.6. The largest absolute Gasteiger partial charge is 0.444 e. The molecule has 2 rings (SSSR count). The summed E-state index contributed by atoms with van der Waals surface area (Å²) in [7, 11) is 0. The van der Waals surface area contributed by atoms with Gasteiger partial charge in [0.15, 0.2) is 0 Å². The maximum Gasteiger partial charge on any atom is 0.407 e. The summed E-state index contributed by atoms with van der Waals surface area (Å²) in [5.74, 6) is 0. The van der Waals surface area contributed by atoms with Crippen LogP contribution in [0.4, 0.5) is 10.5 Å². The second-order valence-electron chi connectivity index (χ2n) is 6.77. The molecule has 0 aromatic carbocycles. The second-order valence-corrected chi connectivity index (χ2v) is 6.77. The van der Waals surface area contributed by atoms with Gasteiger partial charge < -0.3 is 15.8 Å². The van der Waals surface area contributed by atoms with Gasteiger partial charge in [0.05, 0.1) is 11.9 Å². The fourth-order valence-corrected chi connectivity index (χ4v) is 2.53. The number of nitrogens with one attached hydrogen (secondary N) is 1. The Labute approximate surface area is 132 Å². The van der Waals surface area contributed by atoms with Gasteiger partial charge in [-0.15, -0.1) is 0 Å². The third kappa shape index (κ3) is 5.18. The van der Waals surface area contributed by atoms with Gasteiger partial charge >= 0.3 is 6.09 Å². The van der Waals surface area contributed by atoms with Crippen molar-refractivity contribution in [3.05, 3.63) is 24.0 Å². The van der Waals surface area contributed by atoms with E-state index in [9.17, 15) is 4.79 Å². The van der Waals surface area contributed by atoms with E-state index in [4.69, 9.17) is 10.5 Å². The van der Waals surface area contributed by atoms with E-state index in [1.54, 1.807) is 12.4 Å². The van der Waals surface area contributed by atoms with E-state index in [0.29, 0.717) is 0 Å². The maximum atomic E-state index is 11.8. The fourth-order valence-electron chi connectivity index (χ4n) is 2.53. The lowest BCUT2D eigenvalue weighted by Crippen LogP contribution is -2.45. The number of carbonyl (C=O) groups excluding carboxylic acids is 1. The average Bonchev–Trinajstić information content (AvgIpc) is 2.41. The second kappa shape index (κ2) is 6.96. The number of amides is 1. The van der Waals surface area contributed by atoms with Crippen molar-refractivity contribution < 1.29 is 9.53 Å². The van der Waals surface area contributed by atoms with E-state index in [2.05, 4.69) is 15.2 Å². The Kier molecular flexibility index (Phi) is 5.24. The Morgan fingerprint density at radius 2 is 2.14 bits per heavy atom. The first-order valence-electron chi connectivity index (χ1n) is 7.74. The zero-order chi connectivity index (χ0) is 16.2. The number of piperidine rings is 1. The number of rotatable bonds is 3. The molecule has 1 aromatic heterocycles. The van der Waals surface area contributed by atoms with Gasteiger partial charge in [-0.2, -0.15) is 0 Å². The van der Waals surface area contributed by atoms with Gasteiger partial charge in [-0.3, -0.25) is 9.88 Å². The smallest absolute Gasteiger partial charge is 0.407 e. The van der Waals surface area contributed by atoms with Crippen molar-refractivity contribution >= 4 is 11.8 Å². The van der Waals surface area contributed by atoms with Crippen LogP contribution in [0.3, 0.4) is 0 Å². The zero-order valence-electron chi connectivity index (χ0n) is 13.6. The predicted molar refractivity (Wildman–Crippen MR) is 86.3 cm³/mol. The van der Waals surface area contributed by atoms with Crippen LogP contribution < -0.4 is 11.1 Å². The number of ether oxygens (including phenoxy) is 1. The van der Waals surface area contributed by atoms with Crippen LogP contribution in [-0.2, 0) is 11.3 Å². The first-order chi connectivity index (χ1) is 10.3. The summed E-state index contributed by atoms with van der Waals surface area (Å²) in [5.41, 5.74) is 7.31. The highest BCUT2D eigenvalue weighted by molar-refractivity contribution is 5.68. The number of likely N-dealkylation sites (tertiary alicyclic amines) is 1. The van der Waals surface area contributed by atoms with E-state index in [-0.39, 0.29) is 12.1 Å². The van der Waals surface area contributed by atoms with Crippen molar-refractivity contribution in [2.24, 2.45) is 0 Å². The molecular weight excluding hydrogens is 280 g/mol. The van der Waals surface area contributed by atoms with Crippen LogP contribution in [0, 0.1) is 0 Å². The van der Waals surface area contributed by atoms with E-state index in [0.717, 1.165) is 43.7 Å². The minimum Gasteiger partial charge on any atom is -0.444 e. The van der Waals surface area contributed by atoms with Crippen molar-refractivity contribution in [2.75, 3.05) is 18.8 Å². The van der Waals surface area contributed by atoms with Crippen LogP contribution in [0.15, 0.2) is 18.5 Å². The first-order valence-corrected chi connectivity index (χ1v) is 7.74. The molecule has 1 saturated heterocycles. The molecule has 1 aromatic rings. The SMILES string of the molecule is CC(C)(C)OC(=O)NC1CCN(Cc2ccncc2N)CC1. The summed E-state index contributed by atoms with van der Waals surface area (Å²) in [6, 6.07) is 2.14. The van der Waals surface area contributed by atoms with Gasteiger partial charge in [0.1, 0.15) is 5.60 Å². The lowest BCUT2D eigenvalue weighted by molar-refractivity contribution is 0.0477. The summed E-state index contributed by atoms with van der Waals surface area (Å²) in [4.78, 5) is 18.1. The quantitative estimate of drug-likeness (QED) is 0.894. The molecule has 6 heteroatoms. The summed E-state index contributed by atoms with van der Waals surface area (Å²) in [6.07, 6.45) is 4.97. The van der Waals surface area contributed by atoms with Crippen LogP contribution in [-0.4, -0.2) is 40.7 Å². The standard InChI is InChI=1S/C16H26N4O2/c1-16(2,3)22-15(21)19-13-5-8-20(9-6-13)11-12-4-7-18-10-14(12)17/h4,7,10,13H,5-6,8-9,11,17H2,1-3H3,(H,19,21). The van der Waals surface area contributed by atoms with Gasteiger partial charge in [0.2, 0.25) is 0 Å². The number of aromatic nitrogens is 1. The molecule has 3 N–H and O–H groups in total. The topological polar surface area (TPSA) is 80.5 Å². The third-order valence-electron chi connectivity index (χ3n) is 3.65. The molecule has 1 aliphatic heterocycles. The van der Waals surface area contributed by atoms with Gasteiger partial charge in [-0.25, -0.2) is 4.79 Å². The summed E-state index contributed by atoms with van der Waals surface area (Å²) < 4.78 is 5.29. The van der Waals surface area contributed by atoms with Crippen molar-refractivity contribution in [3.8, 4) is 0 Å². The highest BCUT2D eigenvalue weighted by Gasteiger charge is 2.23. The number of anilines is 1. The molecule has 0 unspecified atom stereocenters. The monoisotopic (exact) mass is 306 g/mol. The lowest BCUT2D eigenvalue weighted by Gasteiger charge is -2.33. The molecule has 1 aliphatic rings. The molecule has 0 radical (unpaired) electrons. The first kappa shape index (κ1) is 16.5.